The van der Waals surface area contributed by atoms with E-state index in [0.29, 0.717) is 6.04 Å². The fraction of sp³-hybridized carbons (Fsp3) is 0.944. The van der Waals surface area contributed by atoms with Crippen molar-refractivity contribution in [2.75, 3.05) is 13.1 Å². The minimum atomic E-state index is -0.170. The number of carbonyl (C=O) groups is 1. The summed E-state index contributed by atoms with van der Waals surface area (Å²) in [5, 5.41) is 13.0. The van der Waals surface area contributed by atoms with Crippen molar-refractivity contribution < 1.29 is 9.90 Å². The predicted octanol–water partition coefficient (Wildman–Crippen LogP) is 1.77. The number of nitrogens with zero attached hydrogens (tertiary/aromatic N) is 1. The summed E-state index contributed by atoms with van der Waals surface area (Å²) in [5.41, 5.74) is 0. The van der Waals surface area contributed by atoms with E-state index < -0.39 is 0 Å². The van der Waals surface area contributed by atoms with Gasteiger partial charge in [-0.2, -0.15) is 0 Å². The summed E-state index contributed by atoms with van der Waals surface area (Å²) >= 11 is 0. The molecule has 0 aromatic rings. The number of amides is 1. The maximum absolute atomic E-state index is 12.7. The van der Waals surface area contributed by atoms with Gasteiger partial charge in [-0.25, -0.2) is 0 Å². The van der Waals surface area contributed by atoms with E-state index in [-0.39, 0.29) is 18.1 Å². The second-order valence-corrected chi connectivity index (χ2v) is 8.41. The molecule has 1 atom stereocenters. The molecule has 4 aliphatic carbocycles. The van der Waals surface area contributed by atoms with Gasteiger partial charge in [-0.15, -0.1) is 0 Å². The average molecular weight is 306 g/mol. The molecule has 5 fully saturated rings. The van der Waals surface area contributed by atoms with Crippen LogP contribution in [0.15, 0.2) is 0 Å². The van der Waals surface area contributed by atoms with E-state index in [1.165, 1.54) is 32.1 Å². The number of likely N-dealkylation sites (tertiary alicyclic amines) is 1. The Morgan fingerprint density at radius 2 is 1.59 bits per heavy atom. The van der Waals surface area contributed by atoms with E-state index in [9.17, 15) is 9.90 Å². The Morgan fingerprint density at radius 3 is 2.14 bits per heavy atom. The Kier molecular flexibility index (Phi) is 3.93. The summed E-state index contributed by atoms with van der Waals surface area (Å²) in [4.78, 5) is 14.9. The number of hydrogen-bond acceptors (Lipinski definition) is 3. The van der Waals surface area contributed by atoms with Gasteiger partial charge in [-0.1, -0.05) is 0 Å². The van der Waals surface area contributed by atoms with E-state index in [4.69, 9.17) is 0 Å². The lowest BCUT2D eigenvalue weighted by molar-refractivity contribution is -0.130. The third kappa shape index (κ3) is 2.69. The Bertz CT molecular complexity index is 403. The molecule has 0 spiro atoms. The maximum atomic E-state index is 12.7. The van der Waals surface area contributed by atoms with Gasteiger partial charge in [0.2, 0.25) is 5.91 Å². The highest BCUT2D eigenvalue weighted by atomic mass is 16.3. The summed E-state index contributed by atoms with van der Waals surface area (Å²) in [7, 11) is 0. The van der Waals surface area contributed by atoms with Crippen molar-refractivity contribution in [2.45, 2.75) is 70.1 Å². The van der Waals surface area contributed by atoms with Gasteiger partial charge >= 0.3 is 0 Å². The van der Waals surface area contributed by atoms with Crippen molar-refractivity contribution in [3.8, 4) is 0 Å². The molecule has 1 unspecified atom stereocenters. The number of aliphatic hydroxyl groups excluding tert-OH is 1. The number of aliphatic hydroxyl groups is 1. The molecule has 2 N–H and O–H groups in total. The SMILES string of the molecule is CC(C(=O)NC1C2CC3CC(C2)CC1C3)N1CCC(O)CC1. The van der Waals surface area contributed by atoms with Gasteiger partial charge in [-0.3, -0.25) is 9.69 Å². The fourth-order valence-corrected chi connectivity index (χ4v) is 5.88. The van der Waals surface area contributed by atoms with E-state index in [1.807, 2.05) is 6.92 Å². The topological polar surface area (TPSA) is 52.6 Å². The first-order valence-corrected chi connectivity index (χ1v) is 9.32. The largest absolute Gasteiger partial charge is 0.393 e. The van der Waals surface area contributed by atoms with Gasteiger partial charge in [0.1, 0.15) is 0 Å². The monoisotopic (exact) mass is 306 g/mol. The van der Waals surface area contributed by atoms with Gasteiger partial charge in [0.05, 0.1) is 12.1 Å². The van der Waals surface area contributed by atoms with Crippen LogP contribution in [0.2, 0.25) is 0 Å². The molecule has 22 heavy (non-hydrogen) atoms. The maximum Gasteiger partial charge on any atom is 0.237 e. The van der Waals surface area contributed by atoms with Crippen LogP contribution in [0.4, 0.5) is 0 Å². The summed E-state index contributed by atoms with van der Waals surface area (Å²) < 4.78 is 0. The first-order chi connectivity index (χ1) is 10.6. The van der Waals surface area contributed by atoms with E-state index in [0.717, 1.165) is 49.6 Å². The lowest BCUT2D eigenvalue weighted by Gasteiger charge is -2.54. The minimum absolute atomic E-state index is 0.0512. The predicted molar refractivity (Wildman–Crippen MR) is 85.3 cm³/mol. The summed E-state index contributed by atoms with van der Waals surface area (Å²) in [6.07, 6.45) is 8.29. The van der Waals surface area contributed by atoms with Crippen LogP contribution in [0.25, 0.3) is 0 Å². The summed E-state index contributed by atoms with van der Waals surface area (Å²) in [6, 6.07) is 0.391. The Morgan fingerprint density at radius 1 is 1.05 bits per heavy atom. The van der Waals surface area contributed by atoms with Crippen LogP contribution >= 0.6 is 0 Å². The quantitative estimate of drug-likeness (QED) is 0.835. The van der Waals surface area contributed by atoms with Crippen LogP contribution in [0.1, 0.15) is 51.9 Å². The molecule has 4 saturated carbocycles. The molecule has 4 heteroatoms. The molecule has 0 radical (unpaired) electrons. The fourth-order valence-electron chi connectivity index (χ4n) is 5.88. The number of piperidine rings is 1. The molecule has 1 heterocycles. The average Bonchev–Trinajstić information content (AvgIpc) is 2.50. The van der Waals surface area contributed by atoms with Crippen LogP contribution in [-0.2, 0) is 4.79 Å². The zero-order chi connectivity index (χ0) is 15.3. The summed E-state index contributed by atoms with van der Waals surface area (Å²) in [5.74, 6) is 3.62. The van der Waals surface area contributed by atoms with Gasteiger partial charge < -0.3 is 10.4 Å². The highest BCUT2D eigenvalue weighted by molar-refractivity contribution is 5.81. The standard InChI is InChI=1S/C18H30N2O2/c1-11(20-4-2-16(21)3-5-20)18(22)19-17-14-7-12-6-13(9-14)10-15(17)8-12/h11-17,21H,2-10H2,1H3,(H,19,22). The molecule has 1 saturated heterocycles. The highest BCUT2D eigenvalue weighted by Gasteiger charge is 2.48. The molecule has 4 nitrogen and oxygen atoms in total. The van der Waals surface area contributed by atoms with Gasteiger partial charge in [0.25, 0.3) is 0 Å². The molecule has 1 aliphatic heterocycles. The Hall–Kier alpha value is -0.610. The number of rotatable bonds is 3. The second-order valence-electron chi connectivity index (χ2n) is 8.41. The van der Waals surface area contributed by atoms with Crippen LogP contribution in [0, 0.1) is 23.7 Å². The highest BCUT2D eigenvalue weighted by Crippen LogP contribution is 2.53. The third-order valence-electron chi connectivity index (χ3n) is 6.96. The molecule has 124 valence electrons. The number of hydrogen-bond donors (Lipinski definition) is 2. The smallest absolute Gasteiger partial charge is 0.237 e. The van der Waals surface area contributed by atoms with E-state index in [2.05, 4.69) is 10.2 Å². The second kappa shape index (κ2) is 5.79. The number of carbonyl (C=O) groups excluding carboxylic acids is 1. The van der Waals surface area contributed by atoms with E-state index >= 15 is 0 Å². The molecule has 1 amide bonds. The lowest BCUT2D eigenvalue weighted by Crippen LogP contribution is -2.59. The van der Waals surface area contributed by atoms with Gasteiger partial charge in [-0.05, 0) is 75.5 Å². The van der Waals surface area contributed by atoms with Crippen LogP contribution < -0.4 is 5.32 Å². The third-order valence-corrected chi connectivity index (χ3v) is 6.96. The molecule has 0 aromatic carbocycles. The Balaban J connectivity index is 1.35. The molecule has 5 aliphatic rings. The van der Waals surface area contributed by atoms with E-state index in [1.54, 1.807) is 0 Å². The minimum Gasteiger partial charge on any atom is -0.393 e. The molecular weight excluding hydrogens is 276 g/mol. The molecule has 4 bridgehead atoms. The van der Waals surface area contributed by atoms with Crippen molar-refractivity contribution >= 4 is 5.91 Å². The van der Waals surface area contributed by atoms with Crippen LogP contribution in [-0.4, -0.2) is 47.2 Å². The van der Waals surface area contributed by atoms with Crippen molar-refractivity contribution in [1.82, 2.24) is 10.2 Å². The van der Waals surface area contributed by atoms with Crippen molar-refractivity contribution in [2.24, 2.45) is 23.7 Å². The zero-order valence-electron chi connectivity index (χ0n) is 13.7. The van der Waals surface area contributed by atoms with Gasteiger partial charge in [0.15, 0.2) is 0 Å². The molecule has 0 aromatic heterocycles. The lowest BCUT2D eigenvalue weighted by atomic mass is 9.54. The molecular formula is C18H30N2O2. The number of nitrogens with one attached hydrogen (secondary N) is 1. The van der Waals surface area contributed by atoms with Crippen LogP contribution in [0.3, 0.4) is 0 Å². The normalized spacial score (nSPS) is 43.3. The van der Waals surface area contributed by atoms with Gasteiger partial charge in [0, 0.05) is 19.1 Å². The van der Waals surface area contributed by atoms with Crippen LogP contribution in [0.5, 0.6) is 0 Å². The zero-order valence-corrected chi connectivity index (χ0v) is 13.7. The van der Waals surface area contributed by atoms with Crippen molar-refractivity contribution in [1.29, 1.82) is 0 Å². The Labute approximate surface area is 133 Å². The van der Waals surface area contributed by atoms with Crippen molar-refractivity contribution in [3.05, 3.63) is 0 Å². The first-order valence-electron chi connectivity index (χ1n) is 9.32. The first kappa shape index (κ1) is 14.9. The van der Waals surface area contributed by atoms with Crippen molar-refractivity contribution in [3.63, 3.8) is 0 Å². The molecule has 5 rings (SSSR count). The summed E-state index contributed by atoms with van der Waals surface area (Å²) in [6.45, 7) is 3.72.